The molecule has 2 aromatic rings. The molecule has 0 bridgehead atoms. The summed E-state index contributed by atoms with van der Waals surface area (Å²) in [4.78, 5) is 2.56. The summed E-state index contributed by atoms with van der Waals surface area (Å²) in [6.45, 7) is 6.65. The smallest absolute Gasteiger partial charge is 0.261 e. The van der Waals surface area contributed by atoms with Crippen molar-refractivity contribution in [3.8, 4) is 6.07 Å². The van der Waals surface area contributed by atoms with Gasteiger partial charge in [-0.2, -0.15) is 5.26 Å². The zero-order valence-corrected chi connectivity index (χ0v) is 12.0. The summed E-state index contributed by atoms with van der Waals surface area (Å²) in [5.74, 6) is -4.64. The Bertz CT molecular complexity index is 854. The van der Waals surface area contributed by atoms with Gasteiger partial charge < -0.3 is 5.32 Å². The van der Waals surface area contributed by atoms with E-state index in [0.29, 0.717) is 0 Å². The molecule has 0 radical (unpaired) electrons. The van der Waals surface area contributed by atoms with E-state index >= 15 is 0 Å². The lowest BCUT2D eigenvalue weighted by Crippen LogP contribution is -2.03. The van der Waals surface area contributed by atoms with Crippen LogP contribution < -0.4 is 5.32 Å². The number of hydrogen-bond donors (Lipinski definition) is 1. The molecule has 0 spiro atoms. The second-order valence-corrected chi connectivity index (χ2v) is 4.83. The molecular weight excluding hydrogens is 338 g/mol. The molecule has 0 atom stereocenters. The van der Waals surface area contributed by atoms with Crippen molar-refractivity contribution in [3.05, 3.63) is 62.7 Å². The van der Waals surface area contributed by atoms with Crippen LogP contribution in [0, 0.1) is 35.4 Å². The Morgan fingerprint density at radius 1 is 1.09 bits per heavy atom. The highest BCUT2D eigenvalue weighted by molar-refractivity contribution is 6.42. The molecule has 22 heavy (non-hydrogen) atoms. The molecule has 0 saturated carbocycles. The SMILES string of the molecule is [C-]#[N+]c1c(F)c(F)c(Nc2ccc(Cl)c(Cl)c2)c(C#N)c1F. The molecule has 0 aliphatic heterocycles. The lowest BCUT2D eigenvalue weighted by Gasteiger charge is -2.12. The zero-order valence-electron chi connectivity index (χ0n) is 10.5. The summed E-state index contributed by atoms with van der Waals surface area (Å²) in [5, 5.41) is 11.7. The van der Waals surface area contributed by atoms with Gasteiger partial charge in [0.2, 0.25) is 0 Å². The van der Waals surface area contributed by atoms with Crippen molar-refractivity contribution in [3.63, 3.8) is 0 Å². The lowest BCUT2D eigenvalue weighted by molar-refractivity contribution is 0.504. The Morgan fingerprint density at radius 3 is 2.32 bits per heavy atom. The third-order valence-corrected chi connectivity index (χ3v) is 3.45. The van der Waals surface area contributed by atoms with E-state index in [2.05, 4.69) is 10.2 Å². The molecule has 110 valence electrons. The molecule has 0 heterocycles. The lowest BCUT2D eigenvalue weighted by atomic mass is 10.1. The summed E-state index contributed by atoms with van der Waals surface area (Å²) in [6.07, 6.45) is 0. The zero-order chi connectivity index (χ0) is 16.4. The minimum atomic E-state index is -1.67. The van der Waals surface area contributed by atoms with Crippen molar-refractivity contribution in [2.24, 2.45) is 0 Å². The molecule has 2 aromatic carbocycles. The predicted octanol–water partition coefficient (Wildman–Crippen LogP) is 5.58. The van der Waals surface area contributed by atoms with Crippen LogP contribution in [0.4, 0.5) is 30.2 Å². The van der Waals surface area contributed by atoms with Gasteiger partial charge in [-0.15, -0.1) is 0 Å². The minimum Gasteiger partial charge on any atom is -0.352 e. The fourth-order valence-electron chi connectivity index (χ4n) is 1.69. The van der Waals surface area contributed by atoms with Gasteiger partial charge in [-0.1, -0.05) is 23.2 Å². The van der Waals surface area contributed by atoms with Gasteiger partial charge in [-0.25, -0.2) is 18.0 Å². The Morgan fingerprint density at radius 2 is 1.77 bits per heavy atom. The van der Waals surface area contributed by atoms with E-state index in [4.69, 9.17) is 35.0 Å². The molecule has 3 nitrogen and oxygen atoms in total. The van der Waals surface area contributed by atoms with Crippen LogP contribution in [0.1, 0.15) is 5.56 Å². The molecule has 0 aliphatic rings. The Hall–Kier alpha value is -2.41. The Labute approximate surface area is 133 Å². The molecular formula is C14H4Cl2F3N3. The molecule has 8 heteroatoms. The first-order valence-electron chi connectivity index (χ1n) is 5.60. The van der Waals surface area contributed by atoms with Gasteiger partial charge in [0.05, 0.1) is 22.3 Å². The normalized spacial score (nSPS) is 9.95. The first-order chi connectivity index (χ1) is 10.4. The van der Waals surface area contributed by atoms with Crippen LogP contribution in [0.2, 0.25) is 10.0 Å². The van der Waals surface area contributed by atoms with E-state index in [1.165, 1.54) is 24.3 Å². The quantitative estimate of drug-likeness (QED) is 0.572. The van der Waals surface area contributed by atoms with Gasteiger partial charge >= 0.3 is 0 Å². The highest BCUT2D eigenvalue weighted by Crippen LogP contribution is 2.36. The number of nitrogens with one attached hydrogen (secondary N) is 1. The second-order valence-electron chi connectivity index (χ2n) is 4.02. The van der Waals surface area contributed by atoms with Crippen molar-refractivity contribution in [2.45, 2.75) is 0 Å². The largest absolute Gasteiger partial charge is 0.352 e. The van der Waals surface area contributed by atoms with Gasteiger partial charge in [0.1, 0.15) is 11.6 Å². The Kier molecular flexibility index (Phi) is 4.46. The van der Waals surface area contributed by atoms with Crippen molar-refractivity contribution in [1.29, 1.82) is 5.26 Å². The number of hydrogen-bond acceptors (Lipinski definition) is 2. The van der Waals surface area contributed by atoms with E-state index < -0.39 is 34.4 Å². The van der Waals surface area contributed by atoms with Crippen molar-refractivity contribution >= 4 is 40.3 Å². The monoisotopic (exact) mass is 341 g/mol. The average Bonchev–Trinajstić information content (AvgIpc) is 2.49. The molecule has 0 amide bonds. The van der Waals surface area contributed by atoms with Crippen LogP contribution in [0.5, 0.6) is 0 Å². The van der Waals surface area contributed by atoms with Crippen LogP contribution in [0.3, 0.4) is 0 Å². The summed E-state index contributed by atoms with van der Waals surface area (Å²) >= 11 is 11.5. The van der Waals surface area contributed by atoms with Gasteiger partial charge in [-0.05, 0) is 18.2 Å². The number of rotatable bonds is 2. The summed E-state index contributed by atoms with van der Waals surface area (Å²) in [6, 6.07) is 5.47. The van der Waals surface area contributed by atoms with E-state index in [1.807, 2.05) is 0 Å². The van der Waals surface area contributed by atoms with Gasteiger partial charge in [0, 0.05) is 5.69 Å². The summed E-state index contributed by atoms with van der Waals surface area (Å²) < 4.78 is 41.5. The molecule has 0 saturated heterocycles. The highest BCUT2D eigenvalue weighted by Gasteiger charge is 2.25. The minimum absolute atomic E-state index is 0.129. The fraction of sp³-hybridized carbons (Fsp3) is 0. The maximum Gasteiger partial charge on any atom is 0.261 e. The highest BCUT2D eigenvalue weighted by atomic mass is 35.5. The summed E-state index contributed by atoms with van der Waals surface area (Å²) in [7, 11) is 0. The van der Waals surface area contributed by atoms with Crippen LogP contribution >= 0.6 is 23.2 Å². The number of halogens is 5. The standard InChI is InChI=1S/C14H4Cl2F3N3/c1-21-14-10(17)7(5-20)13(11(18)12(14)19)22-6-2-3-8(15)9(16)4-6/h2-4,22H. The topological polar surface area (TPSA) is 40.2 Å². The van der Waals surface area contributed by atoms with Crippen molar-refractivity contribution in [2.75, 3.05) is 5.32 Å². The average molecular weight is 342 g/mol. The third kappa shape index (κ3) is 2.67. The molecule has 0 aliphatic carbocycles. The first-order valence-corrected chi connectivity index (χ1v) is 6.36. The number of nitriles is 1. The number of nitrogens with zero attached hydrogens (tertiary/aromatic N) is 2. The number of benzene rings is 2. The van der Waals surface area contributed by atoms with Gasteiger partial charge in [0.25, 0.3) is 5.69 Å². The third-order valence-electron chi connectivity index (χ3n) is 2.71. The Balaban J connectivity index is 2.63. The van der Waals surface area contributed by atoms with E-state index in [0.717, 1.165) is 0 Å². The fourth-order valence-corrected chi connectivity index (χ4v) is 1.98. The second kappa shape index (κ2) is 6.15. The van der Waals surface area contributed by atoms with Crippen molar-refractivity contribution < 1.29 is 13.2 Å². The molecule has 1 N–H and O–H groups in total. The molecule has 0 aromatic heterocycles. The van der Waals surface area contributed by atoms with Crippen LogP contribution in [0.15, 0.2) is 18.2 Å². The van der Waals surface area contributed by atoms with Crippen LogP contribution in [0.25, 0.3) is 4.85 Å². The van der Waals surface area contributed by atoms with Crippen LogP contribution in [-0.4, -0.2) is 0 Å². The molecule has 0 unspecified atom stereocenters. The maximum atomic E-state index is 14.0. The predicted molar refractivity (Wildman–Crippen MR) is 77.0 cm³/mol. The van der Waals surface area contributed by atoms with Crippen molar-refractivity contribution in [1.82, 2.24) is 0 Å². The van der Waals surface area contributed by atoms with Gasteiger partial charge in [-0.3, -0.25) is 0 Å². The van der Waals surface area contributed by atoms with E-state index in [9.17, 15) is 13.2 Å². The summed E-state index contributed by atoms with van der Waals surface area (Å²) in [5.41, 5.74) is -2.54. The molecule has 0 fully saturated rings. The van der Waals surface area contributed by atoms with Crippen LogP contribution in [-0.2, 0) is 0 Å². The van der Waals surface area contributed by atoms with E-state index in [1.54, 1.807) is 0 Å². The molecule has 2 rings (SSSR count). The van der Waals surface area contributed by atoms with E-state index in [-0.39, 0.29) is 15.7 Å². The van der Waals surface area contributed by atoms with Gasteiger partial charge in [0.15, 0.2) is 17.5 Å². The maximum absolute atomic E-state index is 14.0. The number of anilines is 2. The first kappa shape index (κ1) is 16.0.